The number of likely N-dealkylation sites (tertiary alicyclic amines) is 2. The van der Waals surface area contributed by atoms with Gasteiger partial charge >= 0.3 is 0 Å². The summed E-state index contributed by atoms with van der Waals surface area (Å²) >= 11 is 0. The van der Waals surface area contributed by atoms with Crippen LogP contribution in [0.1, 0.15) is 53.4 Å². The molecule has 0 aromatic heterocycles. The van der Waals surface area contributed by atoms with Gasteiger partial charge in [0.15, 0.2) is 0 Å². The summed E-state index contributed by atoms with van der Waals surface area (Å²) in [5, 5.41) is 0. The van der Waals surface area contributed by atoms with Gasteiger partial charge in [-0.05, 0) is 77.9 Å². The molecule has 2 fully saturated rings. The summed E-state index contributed by atoms with van der Waals surface area (Å²) in [6.07, 6.45) is 5.66. The SMILES string of the molecule is CC1CCN(C[C@H]2CCCN(C(C)(C)C)C2)CC1. The molecular formula is C16H32N2. The summed E-state index contributed by atoms with van der Waals surface area (Å²) < 4.78 is 0. The van der Waals surface area contributed by atoms with E-state index >= 15 is 0 Å². The van der Waals surface area contributed by atoms with E-state index in [1.165, 1.54) is 58.4 Å². The van der Waals surface area contributed by atoms with Gasteiger partial charge < -0.3 is 4.90 Å². The zero-order valence-electron chi connectivity index (χ0n) is 12.9. The van der Waals surface area contributed by atoms with Crippen molar-refractivity contribution in [2.45, 2.75) is 58.9 Å². The highest BCUT2D eigenvalue weighted by Crippen LogP contribution is 2.25. The fourth-order valence-corrected chi connectivity index (χ4v) is 3.43. The summed E-state index contributed by atoms with van der Waals surface area (Å²) in [5.74, 6) is 1.87. The van der Waals surface area contributed by atoms with E-state index in [4.69, 9.17) is 0 Å². The number of hydrogen-bond donors (Lipinski definition) is 0. The maximum Gasteiger partial charge on any atom is 0.0125 e. The molecule has 0 unspecified atom stereocenters. The second-order valence-corrected chi connectivity index (χ2v) is 7.61. The lowest BCUT2D eigenvalue weighted by atomic mass is 9.91. The summed E-state index contributed by atoms with van der Waals surface area (Å²) in [6, 6.07) is 0. The van der Waals surface area contributed by atoms with Gasteiger partial charge in [-0.2, -0.15) is 0 Å². The largest absolute Gasteiger partial charge is 0.303 e. The predicted molar refractivity (Wildman–Crippen MR) is 78.9 cm³/mol. The Labute approximate surface area is 114 Å². The monoisotopic (exact) mass is 252 g/mol. The van der Waals surface area contributed by atoms with Gasteiger partial charge in [-0.1, -0.05) is 6.92 Å². The highest BCUT2D eigenvalue weighted by Gasteiger charge is 2.29. The highest BCUT2D eigenvalue weighted by molar-refractivity contribution is 4.84. The molecule has 0 radical (unpaired) electrons. The van der Waals surface area contributed by atoms with Gasteiger partial charge in [-0.15, -0.1) is 0 Å². The number of hydrogen-bond acceptors (Lipinski definition) is 2. The van der Waals surface area contributed by atoms with E-state index in [1.54, 1.807) is 0 Å². The highest BCUT2D eigenvalue weighted by atomic mass is 15.2. The molecule has 2 nitrogen and oxygen atoms in total. The van der Waals surface area contributed by atoms with Crippen molar-refractivity contribution in [2.75, 3.05) is 32.7 Å². The fraction of sp³-hybridized carbons (Fsp3) is 1.00. The van der Waals surface area contributed by atoms with Gasteiger partial charge in [-0.3, -0.25) is 4.90 Å². The van der Waals surface area contributed by atoms with Crippen LogP contribution in [0, 0.1) is 11.8 Å². The zero-order valence-corrected chi connectivity index (χ0v) is 12.9. The van der Waals surface area contributed by atoms with Crippen LogP contribution in [-0.4, -0.2) is 48.1 Å². The third kappa shape index (κ3) is 3.96. The molecule has 1 atom stereocenters. The van der Waals surface area contributed by atoms with Gasteiger partial charge in [0.25, 0.3) is 0 Å². The third-order valence-corrected chi connectivity index (χ3v) is 4.86. The summed E-state index contributed by atoms with van der Waals surface area (Å²) in [7, 11) is 0. The van der Waals surface area contributed by atoms with Gasteiger partial charge in [-0.25, -0.2) is 0 Å². The van der Waals surface area contributed by atoms with E-state index in [2.05, 4.69) is 37.5 Å². The van der Waals surface area contributed by atoms with Crippen LogP contribution in [0.2, 0.25) is 0 Å². The lowest BCUT2D eigenvalue weighted by molar-refractivity contribution is 0.0573. The first-order valence-electron chi connectivity index (χ1n) is 7.92. The molecule has 0 aliphatic carbocycles. The fourth-order valence-electron chi connectivity index (χ4n) is 3.43. The molecule has 18 heavy (non-hydrogen) atoms. The lowest BCUT2D eigenvalue weighted by Gasteiger charge is -2.43. The van der Waals surface area contributed by atoms with Crippen molar-refractivity contribution in [3.8, 4) is 0 Å². The molecule has 0 N–H and O–H groups in total. The van der Waals surface area contributed by atoms with E-state index in [0.717, 1.165) is 11.8 Å². The number of rotatable bonds is 2. The van der Waals surface area contributed by atoms with E-state index < -0.39 is 0 Å². The van der Waals surface area contributed by atoms with Crippen LogP contribution in [0.25, 0.3) is 0 Å². The lowest BCUT2D eigenvalue weighted by Crippen LogP contribution is -2.49. The molecule has 0 aromatic rings. The van der Waals surface area contributed by atoms with Crippen molar-refractivity contribution in [3.63, 3.8) is 0 Å². The molecule has 0 aromatic carbocycles. The Balaban J connectivity index is 1.79. The van der Waals surface area contributed by atoms with Crippen LogP contribution in [0.15, 0.2) is 0 Å². The molecule has 2 aliphatic heterocycles. The van der Waals surface area contributed by atoms with Crippen LogP contribution in [0.4, 0.5) is 0 Å². The molecule has 2 aliphatic rings. The van der Waals surface area contributed by atoms with Crippen molar-refractivity contribution in [3.05, 3.63) is 0 Å². The van der Waals surface area contributed by atoms with Gasteiger partial charge in [0, 0.05) is 18.6 Å². The number of nitrogens with zero attached hydrogens (tertiary/aromatic N) is 2. The van der Waals surface area contributed by atoms with Crippen LogP contribution in [0.3, 0.4) is 0 Å². The third-order valence-electron chi connectivity index (χ3n) is 4.86. The summed E-state index contributed by atoms with van der Waals surface area (Å²) in [4.78, 5) is 5.41. The summed E-state index contributed by atoms with van der Waals surface area (Å²) in [6.45, 7) is 16.1. The minimum atomic E-state index is 0.356. The minimum absolute atomic E-state index is 0.356. The van der Waals surface area contributed by atoms with Crippen LogP contribution in [0.5, 0.6) is 0 Å². The average Bonchev–Trinajstić information content (AvgIpc) is 2.31. The first-order chi connectivity index (χ1) is 8.45. The minimum Gasteiger partial charge on any atom is -0.303 e. The van der Waals surface area contributed by atoms with Crippen molar-refractivity contribution < 1.29 is 0 Å². The molecule has 2 heterocycles. The predicted octanol–water partition coefficient (Wildman–Crippen LogP) is 3.23. The molecule has 0 bridgehead atoms. The Hall–Kier alpha value is -0.0800. The van der Waals surface area contributed by atoms with Crippen molar-refractivity contribution in [1.29, 1.82) is 0 Å². The Morgan fingerprint density at radius 3 is 2.28 bits per heavy atom. The van der Waals surface area contributed by atoms with Gasteiger partial charge in [0.2, 0.25) is 0 Å². The standard InChI is InChI=1S/C16H32N2/c1-14-7-10-17(11-8-14)12-15-6-5-9-18(13-15)16(2,3)4/h14-15H,5-13H2,1-4H3/t15-/m1/s1. The van der Waals surface area contributed by atoms with Crippen molar-refractivity contribution in [1.82, 2.24) is 9.80 Å². The van der Waals surface area contributed by atoms with Crippen molar-refractivity contribution in [2.24, 2.45) is 11.8 Å². The quantitative estimate of drug-likeness (QED) is 0.744. The average molecular weight is 252 g/mol. The Kier molecular flexibility index (Phi) is 4.71. The molecule has 106 valence electrons. The van der Waals surface area contributed by atoms with E-state index in [-0.39, 0.29) is 0 Å². The van der Waals surface area contributed by atoms with Crippen LogP contribution < -0.4 is 0 Å². The second-order valence-electron chi connectivity index (χ2n) is 7.61. The summed E-state index contributed by atoms with van der Waals surface area (Å²) in [5.41, 5.74) is 0.356. The Bertz CT molecular complexity index is 248. The van der Waals surface area contributed by atoms with Crippen LogP contribution in [-0.2, 0) is 0 Å². The smallest absolute Gasteiger partial charge is 0.0125 e. The molecule has 2 saturated heterocycles. The molecule has 0 saturated carbocycles. The van der Waals surface area contributed by atoms with E-state index in [9.17, 15) is 0 Å². The normalized spacial score (nSPS) is 29.7. The van der Waals surface area contributed by atoms with Gasteiger partial charge in [0.1, 0.15) is 0 Å². The molecule has 0 amide bonds. The number of piperidine rings is 2. The zero-order chi connectivity index (χ0) is 13.2. The second kappa shape index (κ2) is 5.92. The molecule has 2 rings (SSSR count). The van der Waals surface area contributed by atoms with E-state index in [1.807, 2.05) is 0 Å². The maximum absolute atomic E-state index is 2.72. The Morgan fingerprint density at radius 2 is 1.67 bits per heavy atom. The molecule has 0 spiro atoms. The van der Waals surface area contributed by atoms with Gasteiger partial charge in [0.05, 0.1) is 0 Å². The first kappa shape index (κ1) is 14.3. The Morgan fingerprint density at radius 1 is 1.00 bits per heavy atom. The molecule has 2 heteroatoms. The first-order valence-corrected chi connectivity index (χ1v) is 7.92. The molecular weight excluding hydrogens is 220 g/mol. The maximum atomic E-state index is 2.72. The topological polar surface area (TPSA) is 6.48 Å². The van der Waals surface area contributed by atoms with Crippen LogP contribution >= 0.6 is 0 Å². The van der Waals surface area contributed by atoms with Crippen molar-refractivity contribution >= 4 is 0 Å². The van der Waals surface area contributed by atoms with E-state index in [0.29, 0.717) is 5.54 Å².